The van der Waals surface area contributed by atoms with Crippen molar-refractivity contribution in [1.82, 2.24) is 14.5 Å². The van der Waals surface area contributed by atoms with Crippen LogP contribution >= 0.6 is 0 Å². The van der Waals surface area contributed by atoms with Gasteiger partial charge in [-0.3, -0.25) is 0 Å². The Balaban J connectivity index is 0.00000280. The maximum Gasteiger partial charge on any atom is 2.00 e. The van der Waals surface area contributed by atoms with Gasteiger partial charge in [-0.05, 0) is 41.2 Å². The molecule has 6 aromatic rings. The van der Waals surface area contributed by atoms with Crippen LogP contribution in [0.4, 0.5) is 13.2 Å². The van der Waals surface area contributed by atoms with E-state index in [1.54, 1.807) is 24.4 Å². The molecule has 0 radical (unpaired) electrons. The molecule has 37 heavy (non-hydrogen) atoms. The Kier molecular flexibility index (Phi) is 6.57. The summed E-state index contributed by atoms with van der Waals surface area (Å²) in [4.78, 5) is 8.30. The Hall–Kier alpha value is -3.96. The van der Waals surface area contributed by atoms with E-state index in [4.69, 9.17) is 4.74 Å². The van der Waals surface area contributed by atoms with Crippen molar-refractivity contribution in [3.8, 4) is 28.6 Å². The van der Waals surface area contributed by atoms with Crippen LogP contribution in [-0.4, -0.2) is 14.5 Å². The van der Waals surface area contributed by atoms with Gasteiger partial charge in [-0.2, -0.15) is 37.4 Å². The number of alkyl halides is 3. The van der Waals surface area contributed by atoms with Crippen molar-refractivity contribution in [3.63, 3.8) is 0 Å². The molecule has 0 bridgehead atoms. The maximum absolute atomic E-state index is 13.4. The summed E-state index contributed by atoms with van der Waals surface area (Å²) in [5, 5.41) is 2.08. The molecule has 0 saturated carbocycles. The van der Waals surface area contributed by atoms with E-state index >= 15 is 0 Å². The van der Waals surface area contributed by atoms with Gasteiger partial charge in [0, 0.05) is 23.7 Å². The Morgan fingerprint density at radius 3 is 2.30 bits per heavy atom. The second-order valence-electron chi connectivity index (χ2n) is 8.06. The van der Waals surface area contributed by atoms with Crippen molar-refractivity contribution in [2.45, 2.75) is 6.18 Å². The van der Waals surface area contributed by atoms with Crippen molar-refractivity contribution in [1.29, 1.82) is 0 Å². The molecule has 4 nitrogen and oxygen atoms in total. The van der Waals surface area contributed by atoms with E-state index in [2.05, 4.69) is 28.2 Å². The molecule has 184 valence electrons. The van der Waals surface area contributed by atoms with Crippen LogP contribution in [0.15, 0.2) is 97.3 Å². The monoisotopic (exact) mass is 674 g/mol. The van der Waals surface area contributed by atoms with Crippen LogP contribution in [0.2, 0.25) is 0 Å². The maximum atomic E-state index is 13.4. The van der Waals surface area contributed by atoms with Crippen molar-refractivity contribution in [2.75, 3.05) is 0 Å². The summed E-state index contributed by atoms with van der Waals surface area (Å²) in [6.07, 6.45) is -1.59. The molecule has 0 saturated heterocycles. The molecule has 0 unspecified atom stereocenters. The Bertz CT molecular complexity index is 1720. The Morgan fingerprint density at radius 1 is 0.703 bits per heavy atom. The normalized spacial score (nSPS) is 11.4. The van der Waals surface area contributed by atoms with Gasteiger partial charge in [0.15, 0.2) is 0 Å². The average molecular weight is 675 g/mol. The minimum atomic E-state index is -4.58. The van der Waals surface area contributed by atoms with E-state index in [0.717, 1.165) is 33.7 Å². The fraction of sp³-hybridized carbons (Fsp3) is 0.0345. The van der Waals surface area contributed by atoms with Crippen LogP contribution in [0, 0.1) is 12.1 Å². The summed E-state index contributed by atoms with van der Waals surface area (Å²) in [5.74, 6) is 0.358. The molecular formula is C29H16F3N3OPt. The van der Waals surface area contributed by atoms with Gasteiger partial charge < -0.3 is 9.30 Å². The largest absolute Gasteiger partial charge is 2.00 e. The molecule has 0 aliphatic carbocycles. The summed E-state index contributed by atoms with van der Waals surface area (Å²) in [6.45, 7) is 0. The van der Waals surface area contributed by atoms with Crippen LogP contribution in [-0.2, 0) is 27.2 Å². The first-order chi connectivity index (χ1) is 17.5. The summed E-state index contributed by atoms with van der Waals surface area (Å²) in [7, 11) is 0. The van der Waals surface area contributed by atoms with Gasteiger partial charge in [0.25, 0.3) is 0 Å². The second kappa shape index (κ2) is 9.83. The van der Waals surface area contributed by atoms with Crippen LogP contribution in [0.25, 0.3) is 38.8 Å². The molecule has 0 fully saturated rings. The molecule has 0 spiro atoms. The zero-order valence-corrected chi connectivity index (χ0v) is 21.2. The van der Waals surface area contributed by atoms with Gasteiger partial charge in [-0.25, -0.2) is 21.1 Å². The summed E-state index contributed by atoms with van der Waals surface area (Å²) < 4.78 is 47.7. The van der Waals surface area contributed by atoms with Gasteiger partial charge in [0.2, 0.25) is 5.88 Å². The van der Waals surface area contributed by atoms with Crippen LogP contribution < -0.4 is 4.74 Å². The van der Waals surface area contributed by atoms with E-state index in [0.29, 0.717) is 11.1 Å². The molecule has 3 aromatic carbocycles. The molecule has 0 atom stereocenters. The first-order valence-corrected chi connectivity index (χ1v) is 11.1. The third-order valence-corrected chi connectivity index (χ3v) is 5.80. The summed E-state index contributed by atoms with van der Waals surface area (Å²) in [5.41, 5.74) is 2.21. The predicted octanol–water partition coefficient (Wildman–Crippen LogP) is 7.65. The number of benzene rings is 3. The fourth-order valence-electron chi connectivity index (χ4n) is 4.23. The van der Waals surface area contributed by atoms with E-state index in [-0.39, 0.29) is 26.8 Å². The van der Waals surface area contributed by atoms with Gasteiger partial charge in [0.05, 0.1) is 0 Å². The zero-order chi connectivity index (χ0) is 24.7. The van der Waals surface area contributed by atoms with Crippen molar-refractivity contribution in [2.24, 2.45) is 0 Å². The molecule has 0 N–H and O–H groups in total. The number of halogens is 3. The molecule has 0 aliphatic rings. The number of fused-ring (bicyclic) bond motifs is 3. The number of ether oxygens (including phenoxy) is 1. The minimum absolute atomic E-state index is 0. The van der Waals surface area contributed by atoms with E-state index in [1.165, 1.54) is 12.3 Å². The quantitative estimate of drug-likeness (QED) is 0.181. The number of hydrogen-bond donors (Lipinski definition) is 0. The van der Waals surface area contributed by atoms with Gasteiger partial charge in [0.1, 0.15) is 11.4 Å². The predicted molar refractivity (Wildman–Crippen MR) is 131 cm³/mol. The number of pyridine rings is 2. The topological polar surface area (TPSA) is 39.9 Å². The zero-order valence-electron chi connectivity index (χ0n) is 18.9. The Labute approximate surface area is 224 Å². The third-order valence-electron chi connectivity index (χ3n) is 5.80. The smallest absolute Gasteiger partial charge is 0.459 e. The van der Waals surface area contributed by atoms with Gasteiger partial charge >= 0.3 is 27.2 Å². The van der Waals surface area contributed by atoms with Crippen LogP contribution in [0.3, 0.4) is 0 Å². The van der Waals surface area contributed by atoms with Crippen molar-refractivity contribution < 1.29 is 39.0 Å². The standard InChI is InChI=1S/C29H16F3N3O.Pt/c30-29(31,32)24-10-6-16-34-28(24)36-21-8-5-7-19(17-21)20-13-14-23-22-9-1-2-11-25(22)35(26(23)18-20)27-12-3-4-15-33-27;/h1-16H;/q-2;+2. The molecule has 6 rings (SSSR count). The number of hydrogen-bond acceptors (Lipinski definition) is 3. The van der Waals surface area contributed by atoms with Crippen molar-refractivity contribution in [3.05, 3.63) is 115 Å². The van der Waals surface area contributed by atoms with Crippen LogP contribution in [0.1, 0.15) is 5.56 Å². The minimum Gasteiger partial charge on any atom is -0.459 e. The Morgan fingerprint density at radius 2 is 1.49 bits per heavy atom. The van der Waals surface area contributed by atoms with Gasteiger partial charge in [-0.1, -0.05) is 29.7 Å². The number of nitrogens with zero attached hydrogens (tertiary/aromatic N) is 3. The average Bonchev–Trinajstić information content (AvgIpc) is 3.23. The molecule has 3 heterocycles. The van der Waals surface area contributed by atoms with Crippen molar-refractivity contribution >= 4 is 21.8 Å². The number of para-hydroxylation sites is 1. The molecular weight excluding hydrogens is 658 g/mol. The molecule has 0 amide bonds. The SMILES string of the molecule is FC(F)(F)c1cccnc1Oc1[c-]c(-c2[c-]c3c(cc2)c2ccccc2n3-c2ccccn2)ccc1.[Pt+2]. The van der Waals surface area contributed by atoms with E-state index in [9.17, 15) is 13.2 Å². The fourth-order valence-corrected chi connectivity index (χ4v) is 4.23. The number of aromatic nitrogens is 3. The molecule has 8 heteroatoms. The summed E-state index contributed by atoms with van der Waals surface area (Å²) >= 11 is 0. The molecule has 0 aliphatic heterocycles. The third kappa shape index (κ3) is 4.63. The van der Waals surface area contributed by atoms with E-state index in [1.807, 2.05) is 53.1 Å². The van der Waals surface area contributed by atoms with Crippen LogP contribution in [0.5, 0.6) is 11.6 Å². The first-order valence-electron chi connectivity index (χ1n) is 11.1. The summed E-state index contributed by atoms with van der Waals surface area (Å²) in [6, 6.07) is 31.4. The first kappa shape index (κ1) is 24.7. The second-order valence-corrected chi connectivity index (χ2v) is 8.06. The van der Waals surface area contributed by atoms with Gasteiger partial charge in [-0.15, -0.1) is 18.2 Å². The van der Waals surface area contributed by atoms with E-state index < -0.39 is 17.6 Å². The molecule has 3 aromatic heterocycles. The number of rotatable bonds is 4.